The van der Waals surface area contributed by atoms with Crippen molar-refractivity contribution in [3.63, 3.8) is 0 Å². The summed E-state index contributed by atoms with van der Waals surface area (Å²) >= 11 is 0. The Kier molecular flexibility index (Phi) is 14.7. The Hall–Kier alpha value is 0.451. The van der Waals surface area contributed by atoms with Crippen molar-refractivity contribution in [1.82, 2.24) is 0 Å². The largest absolute Gasteiger partial charge is 0.436 e. The highest BCUT2D eigenvalue weighted by molar-refractivity contribution is 6.90. The third kappa shape index (κ3) is 8.67. The predicted octanol–water partition coefficient (Wildman–Crippen LogP) is 5.25. The Morgan fingerprint density at radius 3 is 1.46 bits per heavy atom. The van der Waals surface area contributed by atoms with Crippen LogP contribution in [0.1, 0.15) is 54.9 Å². The molecule has 0 aliphatic rings. The molecule has 0 saturated heterocycles. The second-order valence-corrected chi connectivity index (χ2v) is 21.6. The molecule has 0 radical (unpaired) electrons. The van der Waals surface area contributed by atoms with E-state index in [1.165, 1.54) is 0 Å². The van der Waals surface area contributed by atoms with Gasteiger partial charge in [-0.2, -0.15) is 0 Å². The van der Waals surface area contributed by atoms with Crippen molar-refractivity contribution in [2.24, 2.45) is 0 Å². The standard InChI is InChI=1S/C20H48O5Si3/c1-8-26(9-2,10-3)24-28(14-7,25-27(11-4,12-5)13-6)17-15-16-23-19-20(22)18-21/h20-22H,8-19H2,1-7H3. The SMILES string of the molecule is CC[Si](CC)(CC)O[Si](CC)(CCCOCC(O)CO)O[Si](CC)(CC)CC. The first-order chi connectivity index (χ1) is 13.3. The van der Waals surface area contributed by atoms with E-state index in [1.54, 1.807) is 0 Å². The topological polar surface area (TPSA) is 68.2 Å². The molecule has 28 heavy (non-hydrogen) atoms. The predicted molar refractivity (Wildman–Crippen MR) is 126 cm³/mol. The monoisotopic (exact) mass is 452 g/mol. The summed E-state index contributed by atoms with van der Waals surface area (Å²) in [5, 5.41) is 18.4. The Morgan fingerprint density at radius 2 is 1.14 bits per heavy atom. The lowest BCUT2D eigenvalue weighted by molar-refractivity contribution is 0.00623. The zero-order chi connectivity index (χ0) is 21.7. The van der Waals surface area contributed by atoms with Crippen LogP contribution in [0.4, 0.5) is 0 Å². The molecule has 0 aromatic rings. The van der Waals surface area contributed by atoms with Gasteiger partial charge in [0.05, 0.1) is 13.2 Å². The van der Waals surface area contributed by atoms with Crippen molar-refractivity contribution < 1.29 is 23.2 Å². The zero-order valence-corrected chi connectivity index (χ0v) is 22.7. The van der Waals surface area contributed by atoms with E-state index < -0.39 is 31.3 Å². The average Bonchev–Trinajstić information content (AvgIpc) is 2.75. The maximum atomic E-state index is 9.46. The maximum absolute atomic E-state index is 9.46. The van der Waals surface area contributed by atoms with Crippen molar-refractivity contribution in [2.75, 3.05) is 19.8 Å². The number of ether oxygens (including phenoxy) is 1. The zero-order valence-electron chi connectivity index (χ0n) is 19.7. The van der Waals surface area contributed by atoms with Crippen LogP contribution in [-0.4, -0.2) is 61.3 Å². The normalized spacial score (nSPS) is 14.5. The summed E-state index contributed by atoms with van der Waals surface area (Å²) in [6.45, 7) is 16.5. The number of rotatable bonds is 18. The van der Waals surface area contributed by atoms with E-state index in [1.807, 2.05) is 0 Å². The molecule has 8 heteroatoms. The molecule has 0 aliphatic heterocycles. The van der Waals surface area contributed by atoms with Crippen LogP contribution in [0.15, 0.2) is 0 Å². The number of aliphatic hydroxyl groups excluding tert-OH is 2. The third-order valence-electron chi connectivity index (χ3n) is 6.58. The number of hydrogen-bond donors (Lipinski definition) is 2. The van der Waals surface area contributed by atoms with Gasteiger partial charge in [0.2, 0.25) is 0 Å². The van der Waals surface area contributed by atoms with Gasteiger partial charge >= 0.3 is 8.56 Å². The summed E-state index contributed by atoms with van der Waals surface area (Å²) in [6.07, 6.45) is 0.0999. The molecule has 0 aliphatic carbocycles. The molecule has 170 valence electrons. The van der Waals surface area contributed by atoms with Crippen molar-refractivity contribution in [3.8, 4) is 0 Å². The van der Waals surface area contributed by atoms with Crippen LogP contribution in [0.2, 0.25) is 48.4 Å². The van der Waals surface area contributed by atoms with Gasteiger partial charge in [0, 0.05) is 6.61 Å². The van der Waals surface area contributed by atoms with Gasteiger partial charge in [-0.25, -0.2) is 0 Å². The van der Waals surface area contributed by atoms with Gasteiger partial charge in [0.1, 0.15) is 6.10 Å². The van der Waals surface area contributed by atoms with Crippen molar-refractivity contribution >= 4 is 25.2 Å². The van der Waals surface area contributed by atoms with Crippen LogP contribution in [0.3, 0.4) is 0 Å². The minimum absolute atomic E-state index is 0.189. The molecule has 0 aromatic carbocycles. The van der Waals surface area contributed by atoms with E-state index in [0.717, 1.165) is 54.8 Å². The first kappa shape index (κ1) is 28.5. The fourth-order valence-electron chi connectivity index (χ4n) is 3.88. The highest BCUT2D eigenvalue weighted by Gasteiger charge is 2.48. The van der Waals surface area contributed by atoms with Crippen LogP contribution in [0.5, 0.6) is 0 Å². The third-order valence-corrected chi connectivity index (χ3v) is 22.9. The second kappa shape index (κ2) is 14.5. The molecule has 1 unspecified atom stereocenters. The molecule has 0 aromatic heterocycles. The molecular weight excluding hydrogens is 404 g/mol. The van der Waals surface area contributed by atoms with Gasteiger partial charge in [0.25, 0.3) is 0 Å². The molecule has 0 rings (SSSR count). The van der Waals surface area contributed by atoms with Crippen LogP contribution < -0.4 is 0 Å². The smallest absolute Gasteiger partial charge is 0.317 e. The lowest BCUT2D eigenvalue weighted by atomic mass is 10.4. The molecule has 2 N–H and O–H groups in total. The summed E-state index contributed by atoms with van der Waals surface area (Å²) in [5.74, 6) is 0. The minimum atomic E-state index is -2.32. The molecule has 5 nitrogen and oxygen atoms in total. The van der Waals surface area contributed by atoms with Crippen LogP contribution in [0, 0.1) is 0 Å². The van der Waals surface area contributed by atoms with Gasteiger partial charge in [0.15, 0.2) is 16.6 Å². The highest BCUT2D eigenvalue weighted by atomic mass is 28.5. The number of aliphatic hydroxyl groups is 2. The molecule has 0 amide bonds. The average molecular weight is 453 g/mol. The molecular formula is C20H48O5Si3. The van der Waals surface area contributed by atoms with E-state index in [9.17, 15) is 5.11 Å². The van der Waals surface area contributed by atoms with Gasteiger partial charge in [-0.1, -0.05) is 48.5 Å². The molecule has 0 fully saturated rings. The fraction of sp³-hybridized carbons (Fsp3) is 1.00. The molecule has 1 atom stereocenters. The molecule has 0 spiro atoms. The van der Waals surface area contributed by atoms with Crippen LogP contribution in [0.25, 0.3) is 0 Å². The summed E-state index contributed by atoms with van der Waals surface area (Å²) in [6, 6.07) is 8.85. The van der Waals surface area contributed by atoms with Crippen molar-refractivity contribution in [3.05, 3.63) is 0 Å². The van der Waals surface area contributed by atoms with Gasteiger partial charge in [-0.05, 0) is 54.8 Å². The van der Waals surface area contributed by atoms with E-state index in [0.29, 0.717) is 6.61 Å². The van der Waals surface area contributed by atoms with Gasteiger partial charge < -0.3 is 23.2 Å². The number of hydrogen-bond acceptors (Lipinski definition) is 5. The summed E-state index contributed by atoms with van der Waals surface area (Å²) in [5.41, 5.74) is 0. The summed E-state index contributed by atoms with van der Waals surface area (Å²) in [4.78, 5) is 0. The lowest BCUT2D eigenvalue weighted by Gasteiger charge is -2.45. The first-order valence-electron chi connectivity index (χ1n) is 11.6. The fourth-order valence-corrected chi connectivity index (χ4v) is 20.2. The van der Waals surface area contributed by atoms with Gasteiger partial charge in [-0.3, -0.25) is 0 Å². The van der Waals surface area contributed by atoms with Crippen LogP contribution in [-0.2, 0) is 13.0 Å². The van der Waals surface area contributed by atoms with Crippen molar-refractivity contribution in [1.29, 1.82) is 0 Å². The Morgan fingerprint density at radius 1 is 0.714 bits per heavy atom. The van der Waals surface area contributed by atoms with E-state index in [-0.39, 0.29) is 13.2 Å². The van der Waals surface area contributed by atoms with E-state index in [2.05, 4.69) is 48.5 Å². The highest BCUT2D eigenvalue weighted by Crippen LogP contribution is 2.36. The van der Waals surface area contributed by atoms with Crippen LogP contribution >= 0.6 is 0 Å². The summed E-state index contributed by atoms with van der Waals surface area (Å²) in [7, 11) is -5.84. The molecule has 0 saturated carbocycles. The second-order valence-electron chi connectivity index (χ2n) is 7.97. The maximum Gasteiger partial charge on any atom is 0.317 e. The lowest BCUT2D eigenvalue weighted by Crippen LogP contribution is -2.58. The minimum Gasteiger partial charge on any atom is -0.436 e. The van der Waals surface area contributed by atoms with E-state index >= 15 is 0 Å². The first-order valence-corrected chi connectivity index (χ1v) is 18.9. The Labute approximate surface area is 177 Å². The molecule has 0 bridgehead atoms. The Bertz CT molecular complexity index is 352. The molecule has 0 heterocycles. The van der Waals surface area contributed by atoms with E-state index in [4.69, 9.17) is 18.1 Å². The summed E-state index contributed by atoms with van der Waals surface area (Å²) < 4.78 is 19.9. The van der Waals surface area contributed by atoms with Crippen molar-refractivity contribution in [2.45, 2.75) is 109 Å². The van der Waals surface area contributed by atoms with Gasteiger partial charge in [-0.15, -0.1) is 0 Å². The Balaban J connectivity index is 5.41. The quantitative estimate of drug-likeness (QED) is 0.219.